The first-order valence-electron chi connectivity index (χ1n) is 6.01. The predicted octanol–water partition coefficient (Wildman–Crippen LogP) is 3.33. The van der Waals surface area contributed by atoms with E-state index in [-0.39, 0.29) is 6.03 Å². The van der Waals surface area contributed by atoms with E-state index in [4.69, 9.17) is 11.6 Å². The van der Waals surface area contributed by atoms with Crippen LogP contribution in [0.3, 0.4) is 0 Å². The van der Waals surface area contributed by atoms with Crippen LogP contribution >= 0.6 is 11.6 Å². The summed E-state index contributed by atoms with van der Waals surface area (Å²) in [7, 11) is 0. The van der Waals surface area contributed by atoms with Gasteiger partial charge in [-0.2, -0.15) is 0 Å². The third-order valence-electron chi connectivity index (χ3n) is 3.13. The first-order chi connectivity index (χ1) is 9.25. The van der Waals surface area contributed by atoms with Crippen LogP contribution < -0.4 is 10.2 Å². The number of rotatable bonds is 1. The summed E-state index contributed by atoms with van der Waals surface area (Å²) in [5.74, 6) is 0. The van der Waals surface area contributed by atoms with E-state index in [9.17, 15) is 4.79 Å². The van der Waals surface area contributed by atoms with Crippen LogP contribution in [-0.4, -0.2) is 17.6 Å². The Hall–Kier alpha value is -2.07. The number of hydrogen-bond acceptors (Lipinski definition) is 2. The summed E-state index contributed by atoms with van der Waals surface area (Å²) in [4.78, 5) is 17.9. The van der Waals surface area contributed by atoms with Gasteiger partial charge in [-0.25, -0.2) is 4.79 Å². The van der Waals surface area contributed by atoms with Gasteiger partial charge >= 0.3 is 6.03 Å². The Morgan fingerprint density at radius 1 is 1.32 bits per heavy atom. The molecule has 2 heterocycles. The van der Waals surface area contributed by atoms with Crippen molar-refractivity contribution in [1.29, 1.82) is 0 Å². The molecule has 0 radical (unpaired) electrons. The van der Waals surface area contributed by atoms with Crippen molar-refractivity contribution in [3.8, 4) is 0 Å². The fourth-order valence-electron chi connectivity index (χ4n) is 2.23. The van der Waals surface area contributed by atoms with Gasteiger partial charge in [-0.1, -0.05) is 17.7 Å². The molecule has 3 rings (SSSR count). The van der Waals surface area contributed by atoms with Crippen molar-refractivity contribution in [2.24, 2.45) is 0 Å². The molecule has 2 aromatic rings. The van der Waals surface area contributed by atoms with Gasteiger partial charge in [-0.3, -0.25) is 9.88 Å². The van der Waals surface area contributed by atoms with Crippen LogP contribution in [0.15, 0.2) is 42.7 Å². The van der Waals surface area contributed by atoms with Crippen molar-refractivity contribution in [2.75, 3.05) is 16.8 Å². The topological polar surface area (TPSA) is 45.2 Å². The number of nitrogens with zero attached hydrogens (tertiary/aromatic N) is 2. The summed E-state index contributed by atoms with van der Waals surface area (Å²) in [6.45, 7) is 0.644. The zero-order valence-corrected chi connectivity index (χ0v) is 10.9. The highest BCUT2D eigenvalue weighted by Crippen LogP contribution is 2.33. The molecule has 1 aromatic carbocycles. The van der Waals surface area contributed by atoms with Crippen LogP contribution in [0.5, 0.6) is 0 Å². The molecule has 0 spiro atoms. The maximum absolute atomic E-state index is 12.2. The molecular formula is C14H12ClN3O. The normalized spacial score (nSPS) is 13.2. The SMILES string of the molecule is O=C(Nc1cccnc1)N1CCc2c(Cl)cccc21. The molecule has 0 saturated heterocycles. The Kier molecular flexibility index (Phi) is 3.09. The summed E-state index contributed by atoms with van der Waals surface area (Å²) in [5, 5.41) is 3.54. The fraction of sp³-hybridized carbons (Fsp3) is 0.143. The van der Waals surface area contributed by atoms with Gasteiger partial charge in [0.25, 0.3) is 0 Å². The smallest absolute Gasteiger partial charge is 0.306 e. The number of benzene rings is 1. The molecule has 96 valence electrons. The number of carbonyl (C=O) groups excluding carboxylic acids is 1. The number of aromatic nitrogens is 1. The second-order valence-electron chi connectivity index (χ2n) is 4.31. The van der Waals surface area contributed by atoms with E-state index in [1.807, 2.05) is 18.2 Å². The van der Waals surface area contributed by atoms with Gasteiger partial charge in [-0.15, -0.1) is 0 Å². The summed E-state index contributed by atoms with van der Waals surface area (Å²) in [6, 6.07) is 9.05. The number of amides is 2. The molecule has 0 saturated carbocycles. The van der Waals surface area contributed by atoms with Crippen LogP contribution in [0.4, 0.5) is 16.2 Å². The van der Waals surface area contributed by atoms with Crippen molar-refractivity contribution in [3.05, 3.63) is 53.3 Å². The molecule has 2 amide bonds. The molecule has 0 fully saturated rings. The largest absolute Gasteiger partial charge is 0.326 e. The molecule has 0 unspecified atom stereocenters. The van der Waals surface area contributed by atoms with Gasteiger partial charge in [0.05, 0.1) is 17.6 Å². The van der Waals surface area contributed by atoms with E-state index < -0.39 is 0 Å². The maximum atomic E-state index is 12.2. The zero-order valence-electron chi connectivity index (χ0n) is 10.1. The van der Waals surface area contributed by atoms with E-state index in [1.165, 1.54) is 0 Å². The van der Waals surface area contributed by atoms with Crippen molar-refractivity contribution in [3.63, 3.8) is 0 Å². The Bertz CT molecular complexity index is 615. The van der Waals surface area contributed by atoms with Crippen LogP contribution in [0, 0.1) is 0 Å². The molecule has 19 heavy (non-hydrogen) atoms. The molecule has 5 heteroatoms. The maximum Gasteiger partial charge on any atom is 0.326 e. The minimum Gasteiger partial charge on any atom is -0.306 e. The molecule has 1 N–H and O–H groups in total. The first kappa shape index (κ1) is 12.0. The standard InChI is InChI=1S/C14H12ClN3O/c15-12-4-1-5-13-11(12)6-8-18(13)14(19)17-10-3-2-7-16-9-10/h1-5,7,9H,6,8H2,(H,17,19). The molecule has 1 aliphatic rings. The number of urea groups is 1. The van der Waals surface area contributed by atoms with Crippen molar-refractivity contribution in [1.82, 2.24) is 4.98 Å². The number of fused-ring (bicyclic) bond motifs is 1. The average molecular weight is 274 g/mol. The van der Waals surface area contributed by atoms with Crippen molar-refractivity contribution in [2.45, 2.75) is 6.42 Å². The number of nitrogens with one attached hydrogen (secondary N) is 1. The highest BCUT2D eigenvalue weighted by atomic mass is 35.5. The average Bonchev–Trinajstić information content (AvgIpc) is 2.85. The monoisotopic (exact) mass is 273 g/mol. The Morgan fingerprint density at radius 2 is 2.21 bits per heavy atom. The van der Waals surface area contributed by atoms with Crippen LogP contribution in [0.2, 0.25) is 5.02 Å². The van der Waals surface area contributed by atoms with E-state index in [0.717, 1.165) is 17.7 Å². The number of anilines is 2. The highest BCUT2D eigenvalue weighted by Gasteiger charge is 2.26. The second kappa shape index (κ2) is 4.90. The molecule has 4 nitrogen and oxygen atoms in total. The third-order valence-corrected chi connectivity index (χ3v) is 3.48. The van der Waals surface area contributed by atoms with Crippen molar-refractivity contribution < 1.29 is 4.79 Å². The molecule has 0 atom stereocenters. The first-order valence-corrected chi connectivity index (χ1v) is 6.39. The molecule has 1 aliphatic heterocycles. The lowest BCUT2D eigenvalue weighted by Gasteiger charge is -2.18. The Morgan fingerprint density at radius 3 is 3.00 bits per heavy atom. The van der Waals surface area contributed by atoms with Crippen molar-refractivity contribution >= 4 is 29.0 Å². The summed E-state index contributed by atoms with van der Waals surface area (Å²) < 4.78 is 0. The number of hydrogen-bond donors (Lipinski definition) is 1. The van der Waals surface area contributed by atoms with Gasteiger partial charge in [0.15, 0.2) is 0 Å². The highest BCUT2D eigenvalue weighted by molar-refractivity contribution is 6.32. The van der Waals surface area contributed by atoms with E-state index in [0.29, 0.717) is 17.3 Å². The minimum atomic E-state index is -0.158. The second-order valence-corrected chi connectivity index (χ2v) is 4.72. The molecule has 0 bridgehead atoms. The van der Waals surface area contributed by atoms with E-state index in [1.54, 1.807) is 29.4 Å². The lowest BCUT2D eigenvalue weighted by atomic mass is 10.2. The van der Waals surface area contributed by atoms with Gasteiger partial charge in [0, 0.05) is 17.8 Å². The fourth-order valence-corrected chi connectivity index (χ4v) is 2.49. The number of halogens is 1. The predicted molar refractivity (Wildman–Crippen MR) is 75.8 cm³/mol. The van der Waals surface area contributed by atoms with Gasteiger partial charge in [0.2, 0.25) is 0 Å². The summed E-state index contributed by atoms with van der Waals surface area (Å²) >= 11 is 6.13. The van der Waals surface area contributed by atoms with Crippen LogP contribution in [0.1, 0.15) is 5.56 Å². The molecular weight excluding hydrogens is 262 g/mol. The van der Waals surface area contributed by atoms with E-state index >= 15 is 0 Å². The quantitative estimate of drug-likeness (QED) is 0.866. The van der Waals surface area contributed by atoms with Gasteiger partial charge < -0.3 is 5.32 Å². The number of pyridine rings is 1. The van der Waals surface area contributed by atoms with E-state index in [2.05, 4.69) is 10.3 Å². The summed E-state index contributed by atoms with van der Waals surface area (Å²) in [6.07, 6.45) is 4.07. The van der Waals surface area contributed by atoms with Gasteiger partial charge in [0.1, 0.15) is 0 Å². The Labute approximate surface area is 116 Å². The lowest BCUT2D eigenvalue weighted by molar-refractivity contribution is 0.257. The summed E-state index contributed by atoms with van der Waals surface area (Å²) in [5.41, 5.74) is 2.60. The third kappa shape index (κ3) is 2.27. The molecule has 1 aromatic heterocycles. The zero-order chi connectivity index (χ0) is 13.2. The van der Waals surface area contributed by atoms with Crippen LogP contribution in [0.25, 0.3) is 0 Å². The lowest BCUT2D eigenvalue weighted by Crippen LogP contribution is -2.33. The van der Waals surface area contributed by atoms with Crippen LogP contribution in [-0.2, 0) is 6.42 Å². The minimum absolute atomic E-state index is 0.158. The van der Waals surface area contributed by atoms with Gasteiger partial charge in [-0.05, 0) is 36.2 Å². The molecule has 0 aliphatic carbocycles. The Balaban J connectivity index is 1.82. The number of carbonyl (C=O) groups is 1.